The van der Waals surface area contributed by atoms with Gasteiger partial charge >= 0.3 is 0 Å². The molecule has 0 saturated carbocycles. The van der Waals surface area contributed by atoms with E-state index in [9.17, 15) is 4.79 Å². The summed E-state index contributed by atoms with van der Waals surface area (Å²) in [4.78, 5) is 30.0. The van der Waals surface area contributed by atoms with Crippen LogP contribution in [0, 0.1) is 13.8 Å². The van der Waals surface area contributed by atoms with Crippen molar-refractivity contribution in [2.24, 2.45) is 0 Å². The average molecular weight is 545 g/mol. The van der Waals surface area contributed by atoms with Crippen LogP contribution in [0.15, 0.2) is 77.9 Å². The normalized spacial score (nSPS) is 14.4. The lowest BCUT2D eigenvalue weighted by molar-refractivity contribution is 0.255. The number of hydrogen-bond donors (Lipinski definition) is 1. The summed E-state index contributed by atoms with van der Waals surface area (Å²) in [5.74, 6) is 1.09. The van der Waals surface area contributed by atoms with Gasteiger partial charge in [0.25, 0.3) is 5.56 Å². The van der Waals surface area contributed by atoms with Crippen molar-refractivity contribution in [2.45, 2.75) is 46.1 Å². The second-order valence-electron chi connectivity index (χ2n) is 11.1. The van der Waals surface area contributed by atoms with Crippen molar-refractivity contribution in [3.8, 4) is 22.4 Å². The van der Waals surface area contributed by atoms with E-state index < -0.39 is 0 Å². The van der Waals surface area contributed by atoms with Gasteiger partial charge in [-0.15, -0.1) is 0 Å². The molecule has 0 amide bonds. The summed E-state index contributed by atoms with van der Waals surface area (Å²) in [6.45, 7) is 8.87. The average Bonchev–Trinajstić information content (AvgIpc) is 2.98. The molecule has 2 aromatic carbocycles. The van der Waals surface area contributed by atoms with Gasteiger partial charge in [-0.1, -0.05) is 30.3 Å². The molecule has 5 aromatic rings. The molecule has 41 heavy (non-hydrogen) atoms. The third-order valence-corrected chi connectivity index (χ3v) is 8.30. The quantitative estimate of drug-likeness (QED) is 0.256. The van der Waals surface area contributed by atoms with Crippen LogP contribution >= 0.6 is 0 Å². The summed E-state index contributed by atoms with van der Waals surface area (Å²) in [5.41, 5.74) is 8.57. The summed E-state index contributed by atoms with van der Waals surface area (Å²) in [5, 5.41) is 4.16. The fourth-order valence-electron chi connectivity index (χ4n) is 5.92. The molecule has 0 spiro atoms. The number of pyridine rings is 2. The molecule has 0 bridgehead atoms. The smallest absolute Gasteiger partial charge is 0.260 e. The Hall–Kier alpha value is -4.36. The molecule has 0 aliphatic carbocycles. The number of piperidine rings is 1. The predicted molar refractivity (Wildman–Crippen MR) is 167 cm³/mol. The molecule has 7 heteroatoms. The van der Waals surface area contributed by atoms with E-state index in [1.54, 1.807) is 10.8 Å². The number of hydrogen-bond acceptors (Lipinski definition) is 6. The first-order valence-corrected chi connectivity index (χ1v) is 14.4. The minimum absolute atomic E-state index is 0.0583. The van der Waals surface area contributed by atoms with E-state index in [1.165, 1.54) is 18.4 Å². The number of aromatic nitrogens is 4. The van der Waals surface area contributed by atoms with Crippen LogP contribution in [0.2, 0.25) is 0 Å². The van der Waals surface area contributed by atoms with Gasteiger partial charge in [-0.2, -0.15) is 4.98 Å². The lowest BCUT2D eigenvalue weighted by atomic mass is 9.89. The Bertz CT molecular complexity index is 1770. The first kappa shape index (κ1) is 26.8. The van der Waals surface area contributed by atoms with Crippen LogP contribution in [-0.4, -0.2) is 44.6 Å². The maximum Gasteiger partial charge on any atom is 0.260 e. The van der Waals surface area contributed by atoms with Crippen LogP contribution in [0.1, 0.15) is 42.4 Å². The zero-order chi connectivity index (χ0) is 28.5. The Morgan fingerprint density at radius 1 is 0.927 bits per heavy atom. The summed E-state index contributed by atoms with van der Waals surface area (Å²) < 4.78 is 1.73. The van der Waals surface area contributed by atoms with Crippen LogP contribution in [-0.2, 0) is 6.54 Å². The summed E-state index contributed by atoms with van der Waals surface area (Å²) in [6.07, 6.45) is 6.00. The predicted octanol–water partition coefficient (Wildman–Crippen LogP) is 6.71. The van der Waals surface area contributed by atoms with Gasteiger partial charge in [0.1, 0.15) is 5.65 Å². The summed E-state index contributed by atoms with van der Waals surface area (Å²) >= 11 is 0. The standard InChI is InChI=1S/C34H36N6O/c1-5-40-32-27(20-30(33(40)41)29-13-10-26(19-23(29)3)31-22(2)7-6-16-35-31)21-36-34(38-32)37-28-11-8-24(9-12-28)25-14-17-39(4)18-15-25/h6-13,16,19-21,25H,5,14-15,17-18H2,1-4H3,(H,36,37,38). The highest BCUT2D eigenvalue weighted by Crippen LogP contribution is 2.30. The van der Waals surface area contributed by atoms with E-state index in [0.29, 0.717) is 29.6 Å². The highest BCUT2D eigenvalue weighted by molar-refractivity contribution is 5.83. The van der Waals surface area contributed by atoms with E-state index in [2.05, 4.69) is 70.6 Å². The second-order valence-corrected chi connectivity index (χ2v) is 11.1. The van der Waals surface area contributed by atoms with Crippen LogP contribution < -0.4 is 10.9 Å². The lowest BCUT2D eigenvalue weighted by Gasteiger charge is -2.29. The lowest BCUT2D eigenvalue weighted by Crippen LogP contribution is -2.29. The number of nitrogens with one attached hydrogen (secondary N) is 1. The minimum atomic E-state index is -0.0583. The summed E-state index contributed by atoms with van der Waals surface area (Å²) in [7, 11) is 2.19. The molecule has 6 rings (SSSR count). The van der Waals surface area contributed by atoms with E-state index in [-0.39, 0.29) is 5.56 Å². The molecule has 0 radical (unpaired) electrons. The van der Waals surface area contributed by atoms with Gasteiger partial charge in [0.15, 0.2) is 0 Å². The number of likely N-dealkylation sites (tertiary alicyclic amines) is 1. The first-order chi connectivity index (χ1) is 19.9. The van der Waals surface area contributed by atoms with Gasteiger partial charge in [0, 0.05) is 41.1 Å². The topological polar surface area (TPSA) is 75.9 Å². The van der Waals surface area contributed by atoms with Crippen molar-refractivity contribution >= 4 is 22.7 Å². The molecule has 0 unspecified atom stereocenters. The number of anilines is 2. The highest BCUT2D eigenvalue weighted by Gasteiger charge is 2.19. The zero-order valence-corrected chi connectivity index (χ0v) is 24.2. The maximum atomic E-state index is 13.7. The van der Waals surface area contributed by atoms with Crippen LogP contribution in [0.4, 0.5) is 11.6 Å². The molecule has 1 aliphatic rings. The molecule has 208 valence electrons. The van der Waals surface area contributed by atoms with E-state index >= 15 is 0 Å². The number of fused-ring (bicyclic) bond motifs is 1. The molecule has 3 aromatic heterocycles. The second kappa shape index (κ2) is 11.3. The Labute approximate surface area is 240 Å². The maximum absolute atomic E-state index is 13.7. The Morgan fingerprint density at radius 2 is 1.71 bits per heavy atom. The first-order valence-electron chi connectivity index (χ1n) is 14.4. The van der Waals surface area contributed by atoms with E-state index in [4.69, 9.17) is 4.98 Å². The molecular weight excluding hydrogens is 508 g/mol. The molecule has 0 atom stereocenters. The number of rotatable bonds is 6. The Morgan fingerprint density at radius 3 is 2.41 bits per heavy atom. The van der Waals surface area contributed by atoms with Crippen LogP contribution in [0.25, 0.3) is 33.4 Å². The van der Waals surface area contributed by atoms with Crippen molar-refractivity contribution in [1.29, 1.82) is 0 Å². The molecular formula is C34H36N6O. The van der Waals surface area contributed by atoms with Crippen molar-refractivity contribution in [3.05, 3.63) is 100 Å². The molecule has 4 heterocycles. The van der Waals surface area contributed by atoms with Crippen molar-refractivity contribution < 1.29 is 0 Å². The monoisotopic (exact) mass is 544 g/mol. The highest BCUT2D eigenvalue weighted by atomic mass is 16.1. The van der Waals surface area contributed by atoms with Gasteiger partial charge in [-0.3, -0.25) is 14.3 Å². The minimum Gasteiger partial charge on any atom is -0.324 e. The molecule has 1 fully saturated rings. The third-order valence-electron chi connectivity index (χ3n) is 8.30. The van der Waals surface area contributed by atoms with Crippen LogP contribution in [0.5, 0.6) is 0 Å². The number of aryl methyl sites for hydroxylation is 3. The largest absolute Gasteiger partial charge is 0.324 e. The van der Waals surface area contributed by atoms with Crippen LogP contribution in [0.3, 0.4) is 0 Å². The molecule has 7 nitrogen and oxygen atoms in total. The molecule has 1 saturated heterocycles. The van der Waals surface area contributed by atoms with Crippen molar-refractivity contribution in [3.63, 3.8) is 0 Å². The van der Waals surface area contributed by atoms with Crippen molar-refractivity contribution in [1.82, 2.24) is 24.4 Å². The van der Waals surface area contributed by atoms with E-state index in [0.717, 1.165) is 52.1 Å². The third kappa shape index (κ3) is 5.37. The number of nitrogens with zero attached hydrogens (tertiary/aromatic N) is 5. The summed E-state index contributed by atoms with van der Waals surface area (Å²) in [6, 6.07) is 20.7. The Kier molecular flexibility index (Phi) is 7.37. The fourth-order valence-corrected chi connectivity index (χ4v) is 5.92. The SMILES string of the molecule is CCn1c(=O)c(-c2ccc(-c3ncccc3C)cc2C)cc2cnc(Nc3ccc(C4CCN(C)CC4)cc3)nc21. The molecule has 1 aliphatic heterocycles. The van der Waals surface area contributed by atoms with Gasteiger partial charge in [-0.25, -0.2) is 4.98 Å². The van der Waals surface area contributed by atoms with Crippen molar-refractivity contribution in [2.75, 3.05) is 25.5 Å². The molecule has 1 N–H and O–H groups in total. The fraction of sp³-hybridized carbons (Fsp3) is 0.294. The zero-order valence-electron chi connectivity index (χ0n) is 24.2. The Balaban J connectivity index is 1.29. The number of benzene rings is 2. The van der Waals surface area contributed by atoms with Gasteiger partial charge in [0.05, 0.1) is 5.69 Å². The van der Waals surface area contributed by atoms with Gasteiger partial charge in [0.2, 0.25) is 5.95 Å². The van der Waals surface area contributed by atoms with Gasteiger partial charge in [-0.05, 0) is 112 Å². The van der Waals surface area contributed by atoms with Gasteiger partial charge < -0.3 is 10.2 Å². The van der Waals surface area contributed by atoms with E-state index in [1.807, 2.05) is 44.3 Å².